The Labute approximate surface area is 190 Å². The van der Waals surface area contributed by atoms with E-state index in [-0.39, 0.29) is 23.7 Å². The Morgan fingerprint density at radius 3 is 2.84 bits per heavy atom. The summed E-state index contributed by atoms with van der Waals surface area (Å²) in [5, 5.41) is 22.8. The molecule has 32 heavy (non-hydrogen) atoms. The Balaban J connectivity index is 1.18. The number of aliphatic hydroxyl groups is 1. The van der Waals surface area contributed by atoms with Crippen LogP contribution in [0.3, 0.4) is 0 Å². The molecule has 1 N–H and O–H groups in total. The van der Waals surface area contributed by atoms with Gasteiger partial charge in [0.1, 0.15) is 12.1 Å². The van der Waals surface area contributed by atoms with Crippen LogP contribution in [-0.4, -0.2) is 36.7 Å². The Morgan fingerprint density at radius 2 is 2.06 bits per heavy atom. The van der Waals surface area contributed by atoms with Gasteiger partial charge in [0.25, 0.3) is 0 Å². The lowest BCUT2D eigenvalue weighted by molar-refractivity contribution is -0.130. The van der Waals surface area contributed by atoms with Gasteiger partial charge in [-0.15, -0.1) is 10.2 Å². The van der Waals surface area contributed by atoms with Crippen LogP contribution in [0.15, 0.2) is 18.0 Å². The Bertz CT molecular complexity index is 987. The zero-order valence-corrected chi connectivity index (χ0v) is 19.0. The van der Waals surface area contributed by atoms with Crippen molar-refractivity contribution in [3.8, 4) is 11.8 Å². The van der Waals surface area contributed by atoms with Crippen molar-refractivity contribution in [3.63, 3.8) is 0 Å². The second kappa shape index (κ2) is 7.52. The monoisotopic (exact) mass is 434 g/mol. The van der Waals surface area contributed by atoms with E-state index in [1.807, 2.05) is 0 Å². The number of aromatic nitrogens is 4. The average molecular weight is 435 g/mol. The van der Waals surface area contributed by atoms with Crippen LogP contribution in [-0.2, 0) is 11.3 Å². The molecule has 4 saturated carbocycles. The largest absolute Gasteiger partial charge is 0.377 e. The lowest BCUT2D eigenvalue weighted by Crippen LogP contribution is -2.48. The molecule has 6 heteroatoms. The van der Waals surface area contributed by atoms with Crippen LogP contribution in [0.4, 0.5) is 0 Å². The van der Waals surface area contributed by atoms with E-state index < -0.39 is 5.60 Å². The highest BCUT2D eigenvalue weighted by molar-refractivity contribution is 5.81. The number of nitrogens with zero attached hydrogens (tertiary/aromatic N) is 4. The maximum absolute atomic E-state index is 13.2. The van der Waals surface area contributed by atoms with Gasteiger partial charge in [0.15, 0.2) is 12.1 Å². The van der Waals surface area contributed by atoms with Crippen molar-refractivity contribution in [2.45, 2.75) is 83.3 Å². The van der Waals surface area contributed by atoms with E-state index in [9.17, 15) is 9.90 Å². The molecule has 4 fully saturated rings. The minimum Gasteiger partial charge on any atom is -0.377 e. The van der Waals surface area contributed by atoms with Crippen molar-refractivity contribution in [1.82, 2.24) is 20.2 Å². The molecule has 0 aromatic carbocycles. The Morgan fingerprint density at radius 1 is 1.19 bits per heavy atom. The molecule has 0 saturated heterocycles. The van der Waals surface area contributed by atoms with Crippen LogP contribution < -0.4 is 0 Å². The van der Waals surface area contributed by atoms with Crippen molar-refractivity contribution in [2.75, 3.05) is 0 Å². The third-order valence-electron chi connectivity index (χ3n) is 9.67. The smallest absolute Gasteiger partial charge is 0.162 e. The first-order valence-electron chi connectivity index (χ1n) is 12.6. The first-order valence-corrected chi connectivity index (χ1v) is 12.6. The van der Waals surface area contributed by atoms with Crippen LogP contribution in [0.1, 0.15) is 71.1 Å². The third kappa shape index (κ3) is 3.44. The zero-order valence-electron chi connectivity index (χ0n) is 19.0. The predicted octanol–water partition coefficient (Wildman–Crippen LogP) is 3.58. The number of hydrogen-bond acceptors (Lipinski definition) is 5. The quantitative estimate of drug-likeness (QED) is 0.581. The number of Topliss-reactive ketones (excluding diaryl/α,β-unsaturated/α-hetero) is 1. The summed E-state index contributed by atoms with van der Waals surface area (Å²) < 4.78 is 0. The van der Waals surface area contributed by atoms with E-state index in [0.717, 1.165) is 44.9 Å². The average Bonchev–Trinajstić information content (AvgIpc) is 3.34. The molecule has 0 aliphatic heterocycles. The second-order valence-electron chi connectivity index (χ2n) is 11.5. The molecule has 5 aliphatic rings. The number of carbonyl (C=O) groups excluding carboxylic acids is 1. The summed E-state index contributed by atoms with van der Waals surface area (Å²) in [6, 6.07) is 0. The maximum atomic E-state index is 13.2. The Hall–Kier alpha value is -2.00. The minimum absolute atomic E-state index is 0.0926. The fraction of sp³-hybridized carbons (Fsp3) is 0.769. The van der Waals surface area contributed by atoms with Crippen molar-refractivity contribution in [2.24, 2.45) is 40.9 Å². The lowest BCUT2D eigenvalue weighted by atomic mass is 9.51. The fourth-order valence-electron chi connectivity index (χ4n) is 7.90. The van der Waals surface area contributed by atoms with Crippen LogP contribution in [0.5, 0.6) is 0 Å². The van der Waals surface area contributed by atoms with E-state index in [1.54, 1.807) is 0 Å². The van der Waals surface area contributed by atoms with Crippen LogP contribution in [0, 0.1) is 52.8 Å². The molecule has 0 bridgehead atoms. The molecule has 1 heterocycles. The van der Waals surface area contributed by atoms with Crippen molar-refractivity contribution in [3.05, 3.63) is 18.0 Å². The van der Waals surface area contributed by atoms with Gasteiger partial charge in [-0.2, -0.15) is 4.80 Å². The molecular weight excluding hydrogens is 400 g/mol. The highest BCUT2D eigenvalue weighted by Crippen LogP contribution is 2.63. The molecule has 6 rings (SSSR count). The van der Waals surface area contributed by atoms with E-state index in [4.69, 9.17) is 0 Å². The summed E-state index contributed by atoms with van der Waals surface area (Å²) in [7, 11) is 0. The van der Waals surface area contributed by atoms with Crippen molar-refractivity contribution in [1.29, 1.82) is 0 Å². The van der Waals surface area contributed by atoms with Crippen LogP contribution in [0.2, 0.25) is 0 Å². The summed E-state index contributed by atoms with van der Waals surface area (Å²) in [6.07, 6.45) is 14.5. The number of tetrazole rings is 1. The first-order chi connectivity index (χ1) is 15.5. The number of fused-ring (bicyclic) bond motifs is 5. The predicted molar refractivity (Wildman–Crippen MR) is 119 cm³/mol. The highest BCUT2D eigenvalue weighted by atomic mass is 16.3. The first kappa shape index (κ1) is 20.6. The van der Waals surface area contributed by atoms with Gasteiger partial charge >= 0.3 is 0 Å². The molecule has 5 aliphatic carbocycles. The molecular formula is C26H34N4O2. The second-order valence-corrected chi connectivity index (χ2v) is 11.5. The third-order valence-corrected chi connectivity index (χ3v) is 9.67. The van der Waals surface area contributed by atoms with Gasteiger partial charge in [-0.05, 0) is 92.1 Å². The lowest BCUT2D eigenvalue weighted by Gasteiger charge is -2.54. The van der Waals surface area contributed by atoms with E-state index in [0.29, 0.717) is 29.6 Å². The molecule has 1 aromatic rings. The minimum atomic E-state index is -0.804. The number of allylic oxidation sites excluding steroid dienone is 1. The van der Waals surface area contributed by atoms with Gasteiger partial charge in [0.05, 0.1) is 0 Å². The fourth-order valence-corrected chi connectivity index (χ4v) is 7.90. The van der Waals surface area contributed by atoms with Gasteiger partial charge in [0, 0.05) is 18.3 Å². The van der Waals surface area contributed by atoms with Gasteiger partial charge in [-0.3, -0.25) is 4.79 Å². The normalized spacial score (nSPS) is 42.7. The number of carbonyl (C=O) groups is 1. The van der Waals surface area contributed by atoms with Crippen LogP contribution >= 0.6 is 0 Å². The van der Waals surface area contributed by atoms with Crippen molar-refractivity contribution >= 4 is 5.78 Å². The number of rotatable bonds is 3. The summed E-state index contributed by atoms with van der Waals surface area (Å²) >= 11 is 0. The van der Waals surface area contributed by atoms with Gasteiger partial charge < -0.3 is 5.11 Å². The molecule has 7 atom stereocenters. The number of hydrogen-bond donors (Lipinski definition) is 1. The molecule has 1 aromatic heterocycles. The zero-order chi connectivity index (χ0) is 21.9. The molecule has 0 radical (unpaired) electrons. The summed E-state index contributed by atoms with van der Waals surface area (Å²) in [4.78, 5) is 14.6. The number of ketones is 1. The van der Waals surface area contributed by atoms with Crippen LogP contribution in [0.25, 0.3) is 0 Å². The Kier molecular flexibility index (Phi) is 4.84. The SMILES string of the molecule is CC12CC[C@@H]3C4CC[C@](O)(C#CC5CC5)CC4=CCC3[C@@H]1CC[C@@H]2C(=O)Cn1ncnn1. The molecule has 0 spiro atoms. The standard InChI is InChI=1S/C26H34N4O2/c1-25-11-9-20-19-10-13-26(32,12-8-17-2-3-17)14-18(19)4-5-21(20)22(25)6-7-23(25)24(31)15-30-28-16-27-29-30/h4,16-17,19-23,32H,2-3,5-7,9-11,13-15H2,1H3/t19?,20-,21?,22+,23-,25?,26-/m1/s1. The topological polar surface area (TPSA) is 80.9 Å². The molecule has 3 unspecified atom stereocenters. The molecule has 0 amide bonds. The van der Waals surface area contributed by atoms with E-state index in [1.165, 1.54) is 36.0 Å². The van der Waals surface area contributed by atoms with Crippen molar-refractivity contribution < 1.29 is 9.90 Å². The van der Waals surface area contributed by atoms with E-state index >= 15 is 0 Å². The highest BCUT2D eigenvalue weighted by Gasteiger charge is 2.57. The van der Waals surface area contributed by atoms with Gasteiger partial charge in [-0.1, -0.05) is 30.4 Å². The maximum Gasteiger partial charge on any atom is 0.162 e. The summed E-state index contributed by atoms with van der Waals surface area (Å²) in [5.74, 6) is 10.1. The molecule has 170 valence electrons. The molecule has 6 nitrogen and oxygen atoms in total. The van der Waals surface area contributed by atoms with E-state index in [2.05, 4.69) is 40.3 Å². The summed E-state index contributed by atoms with van der Waals surface area (Å²) in [5.41, 5.74) is 0.757. The van der Waals surface area contributed by atoms with Gasteiger partial charge in [-0.25, -0.2) is 0 Å². The van der Waals surface area contributed by atoms with Gasteiger partial charge in [0.2, 0.25) is 0 Å². The summed E-state index contributed by atoms with van der Waals surface area (Å²) in [6.45, 7) is 2.62.